The lowest BCUT2D eigenvalue weighted by molar-refractivity contribution is 0.173. The Bertz CT molecular complexity index is 746. The van der Waals surface area contributed by atoms with Gasteiger partial charge in [-0.2, -0.15) is 0 Å². The summed E-state index contributed by atoms with van der Waals surface area (Å²) in [6.07, 6.45) is 0. The van der Waals surface area contributed by atoms with Gasteiger partial charge in [0, 0.05) is 11.8 Å². The summed E-state index contributed by atoms with van der Waals surface area (Å²) in [4.78, 5) is 11.9. The minimum absolute atomic E-state index is 0.235. The summed E-state index contributed by atoms with van der Waals surface area (Å²) in [5.74, 6) is 2.07. The average molecular weight is 328 g/mol. The maximum atomic E-state index is 11.9. The number of anilines is 1. The maximum Gasteiger partial charge on any atom is 0.319 e. The Morgan fingerprint density at radius 3 is 2.79 bits per heavy atom. The Morgan fingerprint density at radius 2 is 1.96 bits per heavy atom. The molecule has 0 aliphatic carbocycles. The lowest BCUT2D eigenvalue weighted by atomic mass is 10.1. The predicted molar refractivity (Wildman–Crippen MR) is 91.0 cm³/mol. The zero-order valence-electron chi connectivity index (χ0n) is 13.7. The van der Waals surface area contributed by atoms with Crippen LogP contribution in [-0.2, 0) is 0 Å². The summed E-state index contributed by atoms with van der Waals surface area (Å²) >= 11 is 0. The van der Waals surface area contributed by atoms with Gasteiger partial charge in [0.1, 0.15) is 12.4 Å². The summed E-state index contributed by atoms with van der Waals surface area (Å²) in [5.41, 5.74) is 2.99. The van der Waals surface area contributed by atoms with Crippen LogP contribution in [0.1, 0.15) is 11.1 Å². The molecular weight excluding hydrogens is 308 g/mol. The zero-order chi connectivity index (χ0) is 16.9. The number of urea groups is 1. The Morgan fingerprint density at radius 1 is 1.12 bits per heavy atom. The number of fused-ring (bicyclic) bond motifs is 1. The molecule has 0 saturated heterocycles. The van der Waals surface area contributed by atoms with Crippen LogP contribution in [0.3, 0.4) is 0 Å². The van der Waals surface area contributed by atoms with Crippen LogP contribution in [-0.4, -0.2) is 26.0 Å². The Kier molecular flexibility index (Phi) is 4.74. The van der Waals surface area contributed by atoms with Gasteiger partial charge in [-0.15, -0.1) is 0 Å². The second-order valence-electron chi connectivity index (χ2n) is 5.56. The fourth-order valence-corrected chi connectivity index (χ4v) is 2.42. The number of carbonyl (C=O) groups is 1. The molecule has 0 saturated carbocycles. The zero-order valence-corrected chi connectivity index (χ0v) is 13.7. The number of nitrogens with one attached hydrogen (secondary N) is 2. The van der Waals surface area contributed by atoms with Crippen molar-refractivity contribution in [2.24, 2.45) is 0 Å². The van der Waals surface area contributed by atoms with Crippen molar-refractivity contribution in [2.75, 3.05) is 25.3 Å². The molecule has 0 bridgehead atoms. The summed E-state index contributed by atoms with van der Waals surface area (Å²) in [5, 5.41) is 5.59. The van der Waals surface area contributed by atoms with E-state index in [1.807, 2.05) is 38.1 Å². The van der Waals surface area contributed by atoms with Crippen molar-refractivity contribution < 1.29 is 19.0 Å². The van der Waals surface area contributed by atoms with Crippen LogP contribution in [0.25, 0.3) is 0 Å². The molecule has 1 aliphatic rings. The number of aryl methyl sites for hydroxylation is 2. The normalized spacial score (nSPS) is 11.9. The fraction of sp³-hybridized carbons (Fsp3) is 0.278. The molecule has 126 valence electrons. The van der Waals surface area contributed by atoms with E-state index >= 15 is 0 Å². The van der Waals surface area contributed by atoms with Crippen LogP contribution < -0.4 is 24.8 Å². The second kappa shape index (κ2) is 7.12. The molecule has 24 heavy (non-hydrogen) atoms. The molecule has 0 aromatic heterocycles. The Labute approximate surface area is 140 Å². The van der Waals surface area contributed by atoms with Gasteiger partial charge in [0.05, 0.1) is 6.54 Å². The SMILES string of the molecule is Cc1ccc(NC(=O)NCCOc2ccc3c(c2)OCO3)c(C)c1. The monoisotopic (exact) mass is 328 g/mol. The molecule has 0 atom stereocenters. The molecule has 0 radical (unpaired) electrons. The lowest BCUT2D eigenvalue weighted by Gasteiger charge is -2.11. The number of carbonyl (C=O) groups excluding carboxylic acids is 1. The average Bonchev–Trinajstić information content (AvgIpc) is 3.02. The second-order valence-corrected chi connectivity index (χ2v) is 5.56. The van der Waals surface area contributed by atoms with Crippen molar-refractivity contribution >= 4 is 11.7 Å². The maximum absolute atomic E-state index is 11.9. The van der Waals surface area contributed by atoms with E-state index in [2.05, 4.69) is 10.6 Å². The van der Waals surface area contributed by atoms with Gasteiger partial charge in [-0.3, -0.25) is 0 Å². The number of benzene rings is 2. The van der Waals surface area contributed by atoms with Gasteiger partial charge in [0.25, 0.3) is 0 Å². The third-order valence-electron chi connectivity index (χ3n) is 3.63. The van der Waals surface area contributed by atoms with Gasteiger partial charge < -0.3 is 24.8 Å². The third kappa shape index (κ3) is 3.90. The molecule has 2 aromatic rings. The van der Waals surface area contributed by atoms with Crippen LogP contribution in [0.15, 0.2) is 36.4 Å². The predicted octanol–water partition coefficient (Wildman–Crippen LogP) is 3.23. The summed E-state index contributed by atoms with van der Waals surface area (Å²) in [7, 11) is 0. The summed E-state index contributed by atoms with van der Waals surface area (Å²) in [6, 6.07) is 11.0. The largest absolute Gasteiger partial charge is 0.492 e. The number of amides is 2. The highest BCUT2D eigenvalue weighted by molar-refractivity contribution is 5.90. The van der Waals surface area contributed by atoms with E-state index in [4.69, 9.17) is 14.2 Å². The molecule has 6 nitrogen and oxygen atoms in total. The Hall–Kier alpha value is -2.89. The van der Waals surface area contributed by atoms with E-state index in [0.29, 0.717) is 30.4 Å². The molecule has 0 fully saturated rings. The highest BCUT2D eigenvalue weighted by Gasteiger charge is 2.13. The highest BCUT2D eigenvalue weighted by Crippen LogP contribution is 2.34. The smallest absolute Gasteiger partial charge is 0.319 e. The minimum Gasteiger partial charge on any atom is -0.492 e. The van der Waals surface area contributed by atoms with Crippen molar-refractivity contribution in [3.8, 4) is 17.2 Å². The van der Waals surface area contributed by atoms with Crippen LogP contribution in [0.2, 0.25) is 0 Å². The van der Waals surface area contributed by atoms with Crippen molar-refractivity contribution in [3.63, 3.8) is 0 Å². The van der Waals surface area contributed by atoms with Crippen LogP contribution >= 0.6 is 0 Å². The first-order chi connectivity index (χ1) is 11.6. The van der Waals surface area contributed by atoms with Crippen LogP contribution in [0.4, 0.5) is 10.5 Å². The van der Waals surface area contributed by atoms with Crippen LogP contribution in [0, 0.1) is 13.8 Å². The van der Waals surface area contributed by atoms with Gasteiger partial charge in [0.15, 0.2) is 11.5 Å². The standard InChI is InChI=1S/C18H20N2O4/c1-12-3-5-15(13(2)9-12)20-18(21)19-7-8-22-14-4-6-16-17(10-14)24-11-23-16/h3-6,9-10H,7-8,11H2,1-2H3,(H2,19,20,21). The number of ether oxygens (including phenoxy) is 3. The highest BCUT2D eigenvalue weighted by atomic mass is 16.7. The number of rotatable bonds is 5. The molecule has 0 unspecified atom stereocenters. The van der Waals surface area contributed by atoms with Crippen molar-refractivity contribution in [2.45, 2.75) is 13.8 Å². The van der Waals surface area contributed by atoms with E-state index in [9.17, 15) is 4.79 Å². The molecule has 1 heterocycles. The van der Waals surface area contributed by atoms with E-state index in [-0.39, 0.29) is 12.8 Å². The quantitative estimate of drug-likeness (QED) is 0.827. The van der Waals surface area contributed by atoms with Crippen LogP contribution in [0.5, 0.6) is 17.2 Å². The molecule has 0 spiro atoms. The number of hydrogen-bond acceptors (Lipinski definition) is 4. The van der Waals surface area contributed by atoms with Gasteiger partial charge in [-0.05, 0) is 37.6 Å². The molecule has 2 N–H and O–H groups in total. The van der Waals surface area contributed by atoms with Gasteiger partial charge in [0.2, 0.25) is 6.79 Å². The fourth-order valence-electron chi connectivity index (χ4n) is 2.42. The van der Waals surface area contributed by atoms with Gasteiger partial charge >= 0.3 is 6.03 Å². The molecule has 2 aromatic carbocycles. The topological polar surface area (TPSA) is 68.8 Å². The first-order valence-corrected chi connectivity index (χ1v) is 7.76. The van der Waals surface area contributed by atoms with Crippen molar-refractivity contribution in [3.05, 3.63) is 47.5 Å². The molecule has 2 amide bonds. The van der Waals surface area contributed by atoms with E-state index in [0.717, 1.165) is 16.8 Å². The van der Waals surface area contributed by atoms with E-state index in [1.165, 1.54) is 0 Å². The first-order valence-electron chi connectivity index (χ1n) is 7.76. The summed E-state index contributed by atoms with van der Waals surface area (Å²) < 4.78 is 16.1. The van der Waals surface area contributed by atoms with Crippen molar-refractivity contribution in [1.29, 1.82) is 0 Å². The molecule has 1 aliphatic heterocycles. The molecule has 6 heteroatoms. The molecule has 3 rings (SSSR count). The lowest BCUT2D eigenvalue weighted by Crippen LogP contribution is -2.32. The first kappa shape index (κ1) is 16.0. The van der Waals surface area contributed by atoms with E-state index < -0.39 is 0 Å². The summed E-state index contributed by atoms with van der Waals surface area (Å²) in [6.45, 7) is 4.97. The Balaban J connectivity index is 1.42. The van der Waals surface area contributed by atoms with Gasteiger partial charge in [-0.1, -0.05) is 17.7 Å². The van der Waals surface area contributed by atoms with Crippen molar-refractivity contribution in [1.82, 2.24) is 5.32 Å². The van der Waals surface area contributed by atoms with Gasteiger partial charge in [-0.25, -0.2) is 4.79 Å². The minimum atomic E-state index is -0.253. The number of hydrogen-bond donors (Lipinski definition) is 2. The van der Waals surface area contributed by atoms with E-state index in [1.54, 1.807) is 12.1 Å². The third-order valence-corrected chi connectivity index (χ3v) is 3.63. The molecular formula is C18H20N2O4.